The molecule has 0 unspecified atom stereocenters. The van der Waals surface area contributed by atoms with Crippen molar-refractivity contribution >= 4 is 11.9 Å². The molecule has 7 heteroatoms. The number of benzene rings is 1. The largest absolute Gasteiger partial charge is 0.383 e. The first kappa shape index (κ1) is 22.6. The average molecular weight is 416 g/mol. The molecule has 2 fully saturated rings. The molecule has 2 heterocycles. The zero-order valence-corrected chi connectivity index (χ0v) is 18.5. The van der Waals surface area contributed by atoms with Crippen molar-refractivity contribution in [2.24, 2.45) is 4.99 Å². The maximum absolute atomic E-state index is 11.9. The predicted octanol–water partition coefficient (Wildman–Crippen LogP) is 1.97. The fourth-order valence-corrected chi connectivity index (χ4v) is 4.12. The van der Waals surface area contributed by atoms with Gasteiger partial charge in [-0.25, -0.2) is 4.99 Å². The molecule has 2 aliphatic heterocycles. The summed E-state index contributed by atoms with van der Waals surface area (Å²) in [5, 5.41) is 6.99. The van der Waals surface area contributed by atoms with Gasteiger partial charge in [-0.2, -0.15) is 0 Å². The molecule has 2 aliphatic rings. The molecule has 0 radical (unpaired) electrons. The summed E-state index contributed by atoms with van der Waals surface area (Å²) in [6.07, 6.45) is 3.90. The Morgan fingerprint density at radius 3 is 2.73 bits per heavy atom. The van der Waals surface area contributed by atoms with Crippen LogP contribution in [0, 0.1) is 0 Å². The second-order valence-corrected chi connectivity index (χ2v) is 8.19. The monoisotopic (exact) mass is 415 g/mol. The van der Waals surface area contributed by atoms with E-state index in [9.17, 15) is 4.79 Å². The van der Waals surface area contributed by atoms with Crippen LogP contribution in [0.2, 0.25) is 0 Å². The molecule has 1 aromatic carbocycles. The Morgan fingerprint density at radius 1 is 1.23 bits per heavy atom. The van der Waals surface area contributed by atoms with Gasteiger partial charge < -0.3 is 25.2 Å². The van der Waals surface area contributed by atoms with Crippen LogP contribution in [0.1, 0.15) is 43.7 Å². The van der Waals surface area contributed by atoms with E-state index in [0.29, 0.717) is 25.6 Å². The predicted molar refractivity (Wildman–Crippen MR) is 120 cm³/mol. The Morgan fingerprint density at radius 2 is 2.03 bits per heavy atom. The Kier molecular flexibility index (Phi) is 8.96. The van der Waals surface area contributed by atoms with E-state index in [1.54, 1.807) is 7.11 Å². The number of hydrogen-bond donors (Lipinski definition) is 2. The number of aliphatic imine (C=N–C) groups is 1. The lowest BCUT2D eigenvalue weighted by atomic mass is 10.1. The van der Waals surface area contributed by atoms with E-state index in [-0.39, 0.29) is 5.91 Å². The summed E-state index contributed by atoms with van der Waals surface area (Å²) in [5.41, 5.74) is 2.35. The summed E-state index contributed by atoms with van der Waals surface area (Å²) in [4.78, 5) is 21.1. The first-order valence-corrected chi connectivity index (χ1v) is 11.3. The summed E-state index contributed by atoms with van der Waals surface area (Å²) < 4.78 is 5.19. The third-order valence-corrected chi connectivity index (χ3v) is 5.84. The van der Waals surface area contributed by atoms with Gasteiger partial charge in [-0.1, -0.05) is 24.3 Å². The van der Waals surface area contributed by atoms with E-state index in [2.05, 4.69) is 46.7 Å². The van der Waals surface area contributed by atoms with Crippen molar-refractivity contribution in [3.63, 3.8) is 0 Å². The Balaban J connectivity index is 1.52. The summed E-state index contributed by atoms with van der Waals surface area (Å²) in [6.45, 7) is 9.15. The highest BCUT2D eigenvalue weighted by molar-refractivity contribution is 5.80. The molecule has 0 aromatic heterocycles. The highest BCUT2D eigenvalue weighted by Gasteiger charge is 2.21. The van der Waals surface area contributed by atoms with Crippen LogP contribution in [-0.4, -0.2) is 74.1 Å². The molecule has 2 N–H and O–H groups in total. The smallest absolute Gasteiger partial charge is 0.222 e. The van der Waals surface area contributed by atoms with Crippen LogP contribution in [0.5, 0.6) is 0 Å². The molecular formula is C23H37N5O2. The number of carbonyl (C=O) groups excluding carboxylic acids is 1. The summed E-state index contributed by atoms with van der Waals surface area (Å²) >= 11 is 0. The zero-order chi connectivity index (χ0) is 21.2. The Hall–Kier alpha value is -2.12. The molecule has 30 heavy (non-hydrogen) atoms. The SMILES string of the molecule is CCNC(=NCc1cccc(CN2CCCC2=O)c1)NC1CCN(CCOC)CC1. The number of piperidine rings is 1. The lowest BCUT2D eigenvalue weighted by Crippen LogP contribution is -2.49. The molecule has 0 atom stereocenters. The van der Waals surface area contributed by atoms with Crippen LogP contribution < -0.4 is 10.6 Å². The zero-order valence-electron chi connectivity index (χ0n) is 18.5. The van der Waals surface area contributed by atoms with E-state index >= 15 is 0 Å². The molecule has 1 aromatic rings. The standard InChI is InChI=1S/C23H37N5O2/c1-3-24-23(26-21-9-12-27(13-10-21)14-15-30-2)25-17-19-6-4-7-20(16-19)18-28-11-5-8-22(28)29/h4,6-7,16,21H,3,5,8-15,17-18H2,1-2H3,(H2,24,25,26). The van der Waals surface area contributed by atoms with Crippen molar-refractivity contribution in [3.05, 3.63) is 35.4 Å². The number of rotatable bonds is 9. The minimum absolute atomic E-state index is 0.269. The van der Waals surface area contributed by atoms with Crippen LogP contribution >= 0.6 is 0 Å². The first-order valence-electron chi connectivity index (χ1n) is 11.3. The van der Waals surface area contributed by atoms with E-state index < -0.39 is 0 Å². The maximum atomic E-state index is 11.9. The molecular weight excluding hydrogens is 378 g/mol. The van der Waals surface area contributed by atoms with Crippen LogP contribution in [0.3, 0.4) is 0 Å². The van der Waals surface area contributed by atoms with Crippen molar-refractivity contribution < 1.29 is 9.53 Å². The molecule has 0 bridgehead atoms. The minimum atomic E-state index is 0.269. The van der Waals surface area contributed by atoms with E-state index in [1.165, 1.54) is 11.1 Å². The summed E-state index contributed by atoms with van der Waals surface area (Å²) in [6, 6.07) is 8.90. The number of nitrogens with one attached hydrogen (secondary N) is 2. The number of carbonyl (C=O) groups is 1. The lowest BCUT2D eigenvalue weighted by molar-refractivity contribution is -0.128. The molecule has 3 rings (SSSR count). The summed E-state index contributed by atoms with van der Waals surface area (Å²) in [5.74, 6) is 1.15. The van der Waals surface area contributed by atoms with Gasteiger partial charge in [0.1, 0.15) is 0 Å². The van der Waals surface area contributed by atoms with Crippen molar-refractivity contribution in [2.45, 2.75) is 51.7 Å². The second kappa shape index (κ2) is 11.9. The average Bonchev–Trinajstić information content (AvgIpc) is 3.16. The number of hydrogen-bond acceptors (Lipinski definition) is 4. The third kappa shape index (κ3) is 6.99. The quantitative estimate of drug-likeness (QED) is 0.477. The van der Waals surface area contributed by atoms with Gasteiger partial charge in [0.15, 0.2) is 5.96 Å². The van der Waals surface area contributed by atoms with Gasteiger partial charge in [0.2, 0.25) is 5.91 Å². The van der Waals surface area contributed by atoms with Gasteiger partial charge in [0, 0.05) is 58.8 Å². The fraction of sp³-hybridized carbons (Fsp3) is 0.652. The van der Waals surface area contributed by atoms with Crippen LogP contribution in [0.25, 0.3) is 0 Å². The molecule has 0 spiro atoms. The van der Waals surface area contributed by atoms with Crippen molar-refractivity contribution in [3.8, 4) is 0 Å². The number of methoxy groups -OCH3 is 1. The number of nitrogens with zero attached hydrogens (tertiary/aromatic N) is 3. The lowest BCUT2D eigenvalue weighted by Gasteiger charge is -2.32. The normalized spacial score (nSPS) is 18.8. The number of likely N-dealkylation sites (tertiary alicyclic amines) is 2. The molecule has 2 saturated heterocycles. The maximum Gasteiger partial charge on any atom is 0.222 e. The summed E-state index contributed by atoms with van der Waals surface area (Å²) in [7, 11) is 1.76. The molecule has 1 amide bonds. The van der Waals surface area contributed by atoms with Gasteiger partial charge in [-0.3, -0.25) is 4.79 Å². The highest BCUT2D eigenvalue weighted by Crippen LogP contribution is 2.16. The Labute approximate surface area is 180 Å². The molecule has 166 valence electrons. The number of ether oxygens (including phenoxy) is 1. The van der Waals surface area contributed by atoms with Crippen LogP contribution in [-0.2, 0) is 22.6 Å². The molecule has 0 aliphatic carbocycles. The van der Waals surface area contributed by atoms with E-state index in [1.807, 2.05) is 4.90 Å². The van der Waals surface area contributed by atoms with E-state index in [0.717, 1.165) is 64.6 Å². The second-order valence-electron chi connectivity index (χ2n) is 8.19. The Bertz CT molecular complexity index is 701. The van der Waals surface area contributed by atoms with Gasteiger partial charge in [-0.05, 0) is 37.3 Å². The topological polar surface area (TPSA) is 69.2 Å². The molecule has 7 nitrogen and oxygen atoms in total. The van der Waals surface area contributed by atoms with Crippen LogP contribution in [0.15, 0.2) is 29.3 Å². The number of guanidine groups is 1. The fourth-order valence-electron chi connectivity index (χ4n) is 4.12. The minimum Gasteiger partial charge on any atom is -0.383 e. The van der Waals surface area contributed by atoms with Gasteiger partial charge in [0.25, 0.3) is 0 Å². The third-order valence-electron chi connectivity index (χ3n) is 5.84. The van der Waals surface area contributed by atoms with Crippen LogP contribution in [0.4, 0.5) is 0 Å². The van der Waals surface area contributed by atoms with Crippen molar-refractivity contribution in [2.75, 3.05) is 46.4 Å². The first-order chi connectivity index (χ1) is 14.7. The molecule has 0 saturated carbocycles. The van der Waals surface area contributed by atoms with Crippen molar-refractivity contribution in [1.82, 2.24) is 20.4 Å². The highest BCUT2D eigenvalue weighted by atomic mass is 16.5. The van der Waals surface area contributed by atoms with Crippen molar-refractivity contribution in [1.29, 1.82) is 0 Å². The van der Waals surface area contributed by atoms with Gasteiger partial charge >= 0.3 is 0 Å². The van der Waals surface area contributed by atoms with Gasteiger partial charge in [0.05, 0.1) is 13.2 Å². The van der Waals surface area contributed by atoms with E-state index in [4.69, 9.17) is 9.73 Å². The number of amides is 1. The van der Waals surface area contributed by atoms with Gasteiger partial charge in [-0.15, -0.1) is 0 Å².